The fourth-order valence-corrected chi connectivity index (χ4v) is 2.12. The van der Waals surface area contributed by atoms with Crippen molar-refractivity contribution >= 4 is 17.7 Å². The smallest absolute Gasteiger partial charge is 0.244 e. The first-order valence-corrected chi connectivity index (χ1v) is 8.28. The van der Waals surface area contributed by atoms with Crippen LogP contribution in [0, 0.1) is 5.92 Å². The summed E-state index contributed by atoms with van der Waals surface area (Å²) in [6.45, 7) is 3.60. The molecule has 0 aliphatic carbocycles. The molecular weight excluding hydrogens is 344 g/mol. The largest absolute Gasteiger partial charge is 0.366 e. The first-order chi connectivity index (χ1) is 12.2. The zero-order valence-corrected chi connectivity index (χ0v) is 15.4. The number of carbonyl (C=O) groups is 3. The molecule has 0 aromatic rings. The molecule has 3 atom stereocenters. The highest BCUT2D eigenvalue weighted by Gasteiger charge is 2.28. The molecule has 9 N–H and O–H groups in total. The normalized spacial score (nSPS) is 14.7. The number of nitrogens with two attached hydrogens (primary N) is 2. The maximum Gasteiger partial charge on any atom is 0.244 e. The van der Waals surface area contributed by atoms with Crippen LogP contribution in [-0.2, 0) is 14.4 Å². The average Bonchev–Trinajstić information content (AvgIpc) is 2.58. The van der Waals surface area contributed by atoms with Gasteiger partial charge in [0, 0.05) is 7.05 Å². The maximum absolute atomic E-state index is 12.5. The molecule has 1 unspecified atom stereocenters. The quantitative estimate of drug-likeness (QED) is 0.0633. The summed E-state index contributed by atoms with van der Waals surface area (Å²) in [4.78, 5) is 36.2. The van der Waals surface area contributed by atoms with Gasteiger partial charge in [-0.1, -0.05) is 19.1 Å². The Morgan fingerprint density at radius 2 is 1.81 bits per heavy atom. The van der Waals surface area contributed by atoms with Crippen LogP contribution < -0.4 is 32.8 Å². The van der Waals surface area contributed by atoms with Crippen molar-refractivity contribution in [2.75, 3.05) is 20.1 Å². The summed E-state index contributed by atoms with van der Waals surface area (Å²) in [6, 6.07) is -1.63. The van der Waals surface area contributed by atoms with E-state index in [0.29, 0.717) is 19.4 Å². The van der Waals surface area contributed by atoms with E-state index in [0.717, 1.165) is 0 Å². The van der Waals surface area contributed by atoms with Crippen molar-refractivity contribution in [3.05, 3.63) is 0 Å². The summed E-state index contributed by atoms with van der Waals surface area (Å²) in [5.74, 6) is 3.27. The molecule has 0 fully saturated rings. The van der Waals surface area contributed by atoms with E-state index in [4.69, 9.17) is 16.7 Å². The highest BCUT2D eigenvalue weighted by molar-refractivity contribution is 5.92. The van der Waals surface area contributed by atoms with Gasteiger partial charge in [0.15, 0.2) is 6.35 Å². The Labute approximate surface area is 152 Å². The SMILES string of the molecule is CNC(=O)[C@H](CCCNC(N)O)NC(=O)[C@@H](NC(=O)CN=NN)C(C)C. The van der Waals surface area contributed by atoms with Crippen molar-refractivity contribution in [3.8, 4) is 0 Å². The van der Waals surface area contributed by atoms with Gasteiger partial charge in [0.1, 0.15) is 18.6 Å². The molecule has 0 heterocycles. The molecule has 0 bridgehead atoms. The minimum Gasteiger partial charge on any atom is -0.366 e. The molecule has 0 aliphatic heterocycles. The number of nitrogens with zero attached hydrogens (tertiary/aromatic N) is 2. The summed E-state index contributed by atoms with van der Waals surface area (Å²) in [6.07, 6.45) is -0.331. The Hall–Kier alpha value is -2.31. The maximum atomic E-state index is 12.5. The zero-order chi connectivity index (χ0) is 20.1. The van der Waals surface area contributed by atoms with Gasteiger partial charge in [-0.15, -0.1) is 0 Å². The van der Waals surface area contributed by atoms with Gasteiger partial charge in [0.25, 0.3) is 0 Å². The Morgan fingerprint density at radius 1 is 1.15 bits per heavy atom. The predicted molar refractivity (Wildman–Crippen MR) is 94.1 cm³/mol. The first kappa shape index (κ1) is 23.7. The Balaban J connectivity index is 4.82. The molecule has 3 amide bonds. The molecule has 150 valence electrons. The number of carbonyl (C=O) groups excluding carboxylic acids is 3. The van der Waals surface area contributed by atoms with Crippen LogP contribution >= 0.6 is 0 Å². The number of nitrogens with one attached hydrogen (secondary N) is 4. The van der Waals surface area contributed by atoms with Gasteiger partial charge >= 0.3 is 0 Å². The minimum atomic E-state index is -1.14. The number of rotatable bonds is 12. The number of hydrogen-bond acceptors (Lipinski definition) is 8. The van der Waals surface area contributed by atoms with Crippen LogP contribution in [0.3, 0.4) is 0 Å². The third-order valence-electron chi connectivity index (χ3n) is 3.46. The molecule has 26 heavy (non-hydrogen) atoms. The summed E-state index contributed by atoms with van der Waals surface area (Å²) in [7, 11) is 1.46. The fourth-order valence-electron chi connectivity index (χ4n) is 2.12. The van der Waals surface area contributed by atoms with Crippen molar-refractivity contribution in [2.45, 2.75) is 45.1 Å². The monoisotopic (exact) mass is 374 g/mol. The number of amides is 3. The van der Waals surface area contributed by atoms with Crippen LogP contribution in [0.2, 0.25) is 0 Å². The van der Waals surface area contributed by atoms with Gasteiger partial charge in [-0.25, -0.2) is 0 Å². The van der Waals surface area contributed by atoms with Crippen molar-refractivity contribution in [3.63, 3.8) is 0 Å². The number of hydrogen-bond donors (Lipinski definition) is 7. The Morgan fingerprint density at radius 3 is 2.31 bits per heavy atom. The summed E-state index contributed by atoms with van der Waals surface area (Å²) < 4.78 is 0. The molecular formula is C14H30N8O4. The van der Waals surface area contributed by atoms with E-state index >= 15 is 0 Å². The van der Waals surface area contributed by atoms with Crippen LogP contribution in [-0.4, -0.2) is 61.4 Å². The van der Waals surface area contributed by atoms with Gasteiger partial charge in [-0.3, -0.25) is 25.4 Å². The molecule has 0 aliphatic rings. The van der Waals surface area contributed by atoms with Crippen LogP contribution in [0.4, 0.5) is 0 Å². The first-order valence-electron chi connectivity index (χ1n) is 8.28. The van der Waals surface area contributed by atoms with Crippen molar-refractivity contribution in [2.24, 2.45) is 27.8 Å². The van der Waals surface area contributed by atoms with E-state index < -0.39 is 30.2 Å². The Kier molecular flexibility index (Phi) is 11.8. The minimum absolute atomic E-state index is 0.215. The van der Waals surface area contributed by atoms with Gasteiger partial charge in [-0.2, -0.15) is 5.11 Å². The molecule has 0 saturated heterocycles. The Bertz CT molecular complexity index is 484. The topological polar surface area (TPSA) is 196 Å². The third-order valence-corrected chi connectivity index (χ3v) is 3.46. The molecule has 12 nitrogen and oxygen atoms in total. The molecule has 0 rings (SSSR count). The molecule has 0 aromatic heterocycles. The lowest BCUT2D eigenvalue weighted by Gasteiger charge is -2.25. The second-order valence-electron chi connectivity index (χ2n) is 5.92. The van der Waals surface area contributed by atoms with Crippen molar-refractivity contribution in [1.29, 1.82) is 0 Å². The summed E-state index contributed by atoms with van der Waals surface area (Å²) >= 11 is 0. The van der Waals surface area contributed by atoms with Crippen molar-refractivity contribution < 1.29 is 19.5 Å². The van der Waals surface area contributed by atoms with Crippen LogP contribution in [0.1, 0.15) is 26.7 Å². The molecule has 0 radical (unpaired) electrons. The van der Waals surface area contributed by atoms with Crippen LogP contribution in [0.15, 0.2) is 10.3 Å². The zero-order valence-electron chi connectivity index (χ0n) is 15.4. The van der Waals surface area contributed by atoms with E-state index in [2.05, 4.69) is 31.6 Å². The lowest BCUT2D eigenvalue weighted by atomic mass is 10.0. The van der Waals surface area contributed by atoms with E-state index in [9.17, 15) is 14.4 Å². The predicted octanol–water partition coefficient (Wildman–Crippen LogP) is -2.71. The third kappa shape index (κ3) is 9.86. The van der Waals surface area contributed by atoms with E-state index in [-0.39, 0.29) is 18.4 Å². The molecule has 0 saturated carbocycles. The van der Waals surface area contributed by atoms with E-state index in [1.54, 1.807) is 13.8 Å². The van der Waals surface area contributed by atoms with Gasteiger partial charge in [-0.05, 0) is 25.3 Å². The van der Waals surface area contributed by atoms with E-state index in [1.165, 1.54) is 7.05 Å². The number of aliphatic hydroxyl groups is 1. The van der Waals surface area contributed by atoms with Crippen LogP contribution in [0.25, 0.3) is 0 Å². The standard InChI is InChI=1S/C14H30N8O4/c1-8(2)11(21-10(23)7-19-22-16)13(25)20-9(12(24)17-3)5-4-6-18-14(15)26/h8-9,11,14,18,26H,4-7,15H2,1-3H3,(H2,16,19)(H,17,24)(H,20,25)(H,21,23)/t9-,11-,14?/m0/s1. The number of likely N-dealkylation sites (N-methyl/N-ethyl adjacent to an activating group) is 1. The summed E-state index contributed by atoms with van der Waals surface area (Å²) in [5, 5.41) is 25.6. The van der Waals surface area contributed by atoms with Gasteiger partial charge in [0.05, 0.1) is 0 Å². The molecule has 0 aromatic carbocycles. The highest BCUT2D eigenvalue weighted by atomic mass is 16.3. The second-order valence-corrected chi connectivity index (χ2v) is 5.92. The fraction of sp³-hybridized carbons (Fsp3) is 0.786. The van der Waals surface area contributed by atoms with E-state index in [1.807, 2.05) is 0 Å². The molecule has 12 heteroatoms. The summed E-state index contributed by atoms with van der Waals surface area (Å²) in [5.41, 5.74) is 5.16. The lowest BCUT2D eigenvalue weighted by Crippen LogP contribution is -2.55. The highest BCUT2D eigenvalue weighted by Crippen LogP contribution is 2.05. The molecule has 0 spiro atoms. The van der Waals surface area contributed by atoms with Gasteiger partial charge in [0.2, 0.25) is 17.7 Å². The van der Waals surface area contributed by atoms with Gasteiger partial charge < -0.3 is 26.9 Å². The second kappa shape index (κ2) is 13.0. The average molecular weight is 374 g/mol. The lowest BCUT2D eigenvalue weighted by molar-refractivity contribution is -0.132. The number of aliphatic hydroxyl groups excluding tert-OH is 1. The van der Waals surface area contributed by atoms with Crippen LogP contribution in [0.5, 0.6) is 0 Å². The van der Waals surface area contributed by atoms with Crippen molar-refractivity contribution in [1.82, 2.24) is 21.3 Å².